The van der Waals surface area contributed by atoms with E-state index in [4.69, 9.17) is 0 Å². The van der Waals surface area contributed by atoms with Crippen molar-refractivity contribution >= 4 is 0 Å². The maximum Gasteiger partial charge on any atom is 0.0589 e. The van der Waals surface area contributed by atoms with Gasteiger partial charge in [0.05, 0.1) is 6.61 Å². The number of likely N-dealkylation sites (tertiary alicyclic amines) is 1. The highest BCUT2D eigenvalue weighted by Gasteiger charge is 2.34. The summed E-state index contributed by atoms with van der Waals surface area (Å²) in [6, 6.07) is 0.384. The molecule has 13 heavy (non-hydrogen) atoms. The van der Waals surface area contributed by atoms with Gasteiger partial charge in [0.25, 0.3) is 0 Å². The lowest BCUT2D eigenvalue weighted by atomic mass is 9.85. The summed E-state index contributed by atoms with van der Waals surface area (Å²) in [5.74, 6) is 2.22. The van der Waals surface area contributed by atoms with Gasteiger partial charge in [0.1, 0.15) is 0 Å². The highest BCUT2D eigenvalue weighted by molar-refractivity contribution is 4.87. The fourth-order valence-corrected chi connectivity index (χ4v) is 1.99. The standard InChI is InChI=1S/C11H23NO/c1-8(2)10-5-12(6-10)11(7-13)9(3)4/h8-11,13H,5-7H2,1-4H3. The highest BCUT2D eigenvalue weighted by atomic mass is 16.3. The monoisotopic (exact) mass is 185 g/mol. The molecule has 0 bridgehead atoms. The number of aliphatic hydroxyl groups excluding tert-OH is 1. The Labute approximate surface area is 81.9 Å². The van der Waals surface area contributed by atoms with E-state index in [0.29, 0.717) is 18.6 Å². The molecule has 2 nitrogen and oxygen atoms in total. The molecule has 1 N–H and O–H groups in total. The van der Waals surface area contributed by atoms with Crippen LogP contribution in [0.2, 0.25) is 0 Å². The van der Waals surface area contributed by atoms with Crippen LogP contribution in [0.15, 0.2) is 0 Å². The van der Waals surface area contributed by atoms with E-state index in [1.165, 1.54) is 13.1 Å². The molecule has 1 unspecified atom stereocenters. The summed E-state index contributed by atoms with van der Waals surface area (Å²) in [4.78, 5) is 2.41. The molecule has 1 aliphatic heterocycles. The Hall–Kier alpha value is -0.0800. The van der Waals surface area contributed by atoms with Gasteiger partial charge >= 0.3 is 0 Å². The average molecular weight is 185 g/mol. The summed E-state index contributed by atoms with van der Waals surface area (Å²) >= 11 is 0. The molecule has 0 spiro atoms. The Balaban J connectivity index is 2.32. The Bertz CT molecular complexity index is 150. The minimum Gasteiger partial charge on any atom is -0.395 e. The van der Waals surface area contributed by atoms with E-state index in [1.807, 2.05) is 0 Å². The van der Waals surface area contributed by atoms with Gasteiger partial charge in [-0.25, -0.2) is 0 Å². The first-order valence-electron chi connectivity index (χ1n) is 5.41. The number of hydrogen-bond donors (Lipinski definition) is 1. The van der Waals surface area contributed by atoms with E-state index in [9.17, 15) is 5.11 Å². The number of rotatable bonds is 4. The van der Waals surface area contributed by atoms with Crippen molar-refractivity contribution in [2.45, 2.75) is 33.7 Å². The Kier molecular flexibility index (Phi) is 3.74. The summed E-state index contributed by atoms with van der Waals surface area (Å²) in [6.45, 7) is 11.6. The molecule has 1 saturated heterocycles. The summed E-state index contributed by atoms with van der Waals surface area (Å²) < 4.78 is 0. The van der Waals surface area contributed by atoms with Gasteiger partial charge in [-0.1, -0.05) is 27.7 Å². The van der Waals surface area contributed by atoms with Crippen molar-refractivity contribution < 1.29 is 5.11 Å². The smallest absolute Gasteiger partial charge is 0.0589 e. The highest BCUT2D eigenvalue weighted by Crippen LogP contribution is 2.27. The van der Waals surface area contributed by atoms with Gasteiger partial charge in [0.2, 0.25) is 0 Å². The zero-order valence-electron chi connectivity index (χ0n) is 9.33. The van der Waals surface area contributed by atoms with E-state index < -0.39 is 0 Å². The molecular weight excluding hydrogens is 162 g/mol. The fraction of sp³-hybridized carbons (Fsp3) is 1.00. The van der Waals surface area contributed by atoms with E-state index in [0.717, 1.165) is 11.8 Å². The van der Waals surface area contributed by atoms with Crippen molar-refractivity contribution in [2.24, 2.45) is 17.8 Å². The molecule has 1 fully saturated rings. The summed E-state index contributed by atoms with van der Waals surface area (Å²) in [5, 5.41) is 9.22. The Morgan fingerprint density at radius 2 is 1.77 bits per heavy atom. The second-order valence-corrected chi connectivity index (χ2v) is 4.95. The lowest BCUT2D eigenvalue weighted by molar-refractivity contribution is -0.0131. The van der Waals surface area contributed by atoms with Crippen LogP contribution < -0.4 is 0 Å². The van der Waals surface area contributed by atoms with Crippen LogP contribution in [0, 0.1) is 17.8 Å². The largest absolute Gasteiger partial charge is 0.395 e. The van der Waals surface area contributed by atoms with Gasteiger partial charge in [0.15, 0.2) is 0 Å². The van der Waals surface area contributed by atoms with Crippen molar-refractivity contribution in [3.05, 3.63) is 0 Å². The van der Waals surface area contributed by atoms with Crippen LogP contribution in [0.3, 0.4) is 0 Å². The molecule has 2 heteroatoms. The van der Waals surface area contributed by atoms with Crippen LogP contribution >= 0.6 is 0 Å². The second-order valence-electron chi connectivity index (χ2n) is 4.95. The zero-order valence-corrected chi connectivity index (χ0v) is 9.33. The lowest BCUT2D eigenvalue weighted by Crippen LogP contribution is -2.56. The molecule has 1 atom stereocenters. The molecule has 0 radical (unpaired) electrons. The zero-order chi connectivity index (χ0) is 10.0. The summed E-state index contributed by atoms with van der Waals surface area (Å²) in [7, 11) is 0. The minimum absolute atomic E-state index is 0.308. The molecule has 1 aliphatic rings. The maximum absolute atomic E-state index is 9.22. The predicted molar refractivity (Wildman–Crippen MR) is 55.6 cm³/mol. The molecular formula is C11H23NO. The van der Waals surface area contributed by atoms with Crippen LogP contribution in [0.1, 0.15) is 27.7 Å². The molecule has 1 heterocycles. The van der Waals surface area contributed by atoms with E-state index >= 15 is 0 Å². The molecule has 1 rings (SSSR count). The van der Waals surface area contributed by atoms with Crippen molar-refractivity contribution in [1.82, 2.24) is 4.90 Å². The van der Waals surface area contributed by atoms with Gasteiger partial charge in [-0.2, -0.15) is 0 Å². The van der Waals surface area contributed by atoms with Crippen LogP contribution in [-0.2, 0) is 0 Å². The molecule has 0 aromatic rings. The first-order chi connectivity index (χ1) is 6.06. The minimum atomic E-state index is 0.308. The average Bonchev–Trinajstić information content (AvgIpc) is 1.93. The number of nitrogens with zero attached hydrogens (tertiary/aromatic N) is 1. The van der Waals surface area contributed by atoms with Gasteiger partial charge in [-0.15, -0.1) is 0 Å². The van der Waals surface area contributed by atoms with Gasteiger partial charge < -0.3 is 5.11 Å². The molecule has 78 valence electrons. The van der Waals surface area contributed by atoms with Crippen molar-refractivity contribution in [1.29, 1.82) is 0 Å². The third kappa shape index (κ3) is 2.44. The quantitative estimate of drug-likeness (QED) is 0.719. The molecule has 0 aromatic carbocycles. The fourth-order valence-electron chi connectivity index (χ4n) is 1.99. The number of hydrogen-bond acceptors (Lipinski definition) is 2. The topological polar surface area (TPSA) is 23.5 Å². The molecule has 0 saturated carbocycles. The lowest BCUT2D eigenvalue weighted by Gasteiger charge is -2.47. The van der Waals surface area contributed by atoms with Gasteiger partial charge in [-0.3, -0.25) is 4.90 Å². The third-order valence-electron chi connectivity index (χ3n) is 3.31. The van der Waals surface area contributed by atoms with Crippen LogP contribution in [-0.4, -0.2) is 35.7 Å². The Morgan fingerprint density at radius 3 is 2.08 bits per heavy atom. The number of aliphatic hydroxyl groups is 1. The maximum atomic E-state index is 9.22. The molecule has 0 aliphatic carbocycles. The summed E-state index contributed by atoms with van der Waals surface area (Å²) in [5.41, 5.74) is 0. The predicted octanol–water partition coefficient (Wildman–Crippen LogP) is 1.59. The molecule has 0 amide bonds. The second kappa shape index (κ2) is 4.43. The third-order valence-corrected chi connectivity index (χ3v) is 3.31. The first-order valence-corrected chi connectivity index (χ1v) is 5.41. The first kappa shape index (κ1) is 11.0. The van der Waals surface area contributed by atoms with Gasteiger partial charge in [-0.05, 0) is 17.8 Å². The normalized spacial score (nSPS) is 22.4. The Morgan fingerprint density at radius 1 is 1.23 bits per heavy atom. The van der Waals surface area contributed by atoms with Crippen molar-refractivity contribution in [2.75, 3.05) is 19.7 Å². The summed E-state index contributed by atoms with van der Waals surface area (Å²) in [6.07, 6.45) is 0. The van der Waals surface area contributed by atoms with Crippen molar-refractivity contribution in [3.8, 4) is 0 Å². The molecule has 0 aromatic heterocycles. The van der Waals surface area contributed by atoms with Crippen molar-refractivity contribution in [3.63, 3.8) is 0 Å². The van der Waals surface area contributed by atoms with E-state index in [-0.39, 0.29) is 0 Å². The van der Waals surface area contributed by atoms with Crippen LogP contribution in [0.5, 0.6) is 0 Å². The SMILES string of the molecule is CC(C)C1CN(C(CO)C(C)C)C1. The van der Waals surface area contributed by atoms with Crippen LogP contribution in [0.4, 0.5) is 0 Å². The van der Waals surface area contributed by atoms with E-state index in [1.54, 1.807) is 0 Å². The van der Waals surface area contributed by atoms with Gasteiger partial charge in [0, 0.05) is 19.1 Å². The van der Waals surface area contributed by atoms with E-state index in [2.05, 4.69) is 32.6 Å². The van der Waals surface area contributed by atoms with Crippen LogP contribution in [0.25, 0.3) is 0 Å².